The number of hydrogen-bond acceptors (Lipinski definition) is 4. The summed E-state index contributed by atoms with van der Waals surface area (Å²) in [5.41, 5.74) is 2.06. The highest BCUT2D eigenvalue weighted by molar-refractivity contribution is 7.13. The number of aryl methyl sites for hydroxylation is 1. The van der Waals surface area contributed by atoms with Crippen LogP contribution in [0.15, 0.2) is 22.1 Å². The van der Waals surface area contributed by atoms with E-state index in [1.807, 2.05) is 18.4 Å². The maximum absolute atomic E-state index is 5.35. The van der Waals surface area contributed by atoms with E-state index >= 15 is 0 Å². The zero-order valence-electron chi connectivity index (χ0n) is 8.11. The molecule has 2 aromatic heterocycles. The van der Waals surface area contributed by atoms with Crippen molar-refractivity contribution in [2.45, 2.75) is 13.5 Å². The lowest BCUT2D eigenvalue weighted by molar-refractivity contribution is 0.182. The molecule has 0 aliphatic rings. The first kappa shape index (κ1) is 9.43. The standard InChI is InChI=1S/C10H11NO2S/c1-7-3-4-13-9(7)10-11-8(5-12-2)6-14-10/h3-4,6H,5H2,1-2H3. The van der Waals surface area contributed by atoms with Gasteiger partial charge in [0.05, 0.1) is 18.6 Å². The summed E-state index contributed by atoms with van der Waals surface area (Å²) in [6.07, 6.45) is 1.68. The van der Waals surface area contributed by atoms with Gasteiger partial charge < -0.3 is 9.15 Å². The molecule has 0 bridgehead atoms. The molecule has 0 radical (unpaired) electrons. The first-order valence-corrected chi connectivity index (χ1v) is 5.17. The average Bonchev–Trinajstić information content (AvgIpc) is 2.74. The van der Waals surface area contributed by atoms with Crippen LogP contribution in [0.4, 0.5) is 0 Å². The Hall–Kier alpha value is -1.13. The highest BCUT2D eigenvalue weighted by atomic mass is 32.1. The average molecular weight is 209 g/mol. The smallest absolute Gasteiger partial charge is 0.165 e. The van der Waals surface area contributed by atoms with Crippen LogP contribution >= 0.6 is 11.3 Å². The third-order valence-corrected chi connectivity index (χ3v) is 2.79. The third-order valence-electron chi connectivity index (χ3n) is 1.90. The van der Waals surface area contributed by atoms with Gasteiger partial charge in [-0.2, -0.15) is 0 Å². The van der Waals surface area contributed by atoms with Crippen molar-refractivity contribution in [1.29, 1.82) is 0 Å². The predicted octanol–water partition coefficient (Wildman–Crippen LogP) is 2.86. The molecule has 0 fully saturated rings. The van der Waals surface area contributed by atoms with E-state index in [4.69, 9.17) is 9.15 Å². The van der Waals surface area contributed by atoms with Gasteiger partial charge in [0.2, 0.25) is 0 Å². The van der Waals surface area contributed by atoms with Crippen LogP contribution in [0.2, 0.25) is 0 Å². The number of hydrogen-bond donors (Lipinski definition) is 0. The van der Waals surface area contributed by atoms with Crippen molar-refractivity contribution in [1.82, 2.24) is 4.98 Å². The molecule has 0 N–H and O–H groups in total. The molecule has 2 heterocycles. The van der Waals surface area contributed by atoms with Crippen molar-refractivity contribution in [3.8, 4) is 10.8 Å². The van der Waals surface area contributed by atoms with E-state index in [0.29, 0.717) is 6.61 Å². The Morgan fingerprint density at radius 3 is 3.07 bits per heavy atom. The van der Waals surface area contributed by atoms with Crippen LogP contribution < -0.4 is 0 Å². The lowest BCUT2D eigenvalue weighted by atomic mass is 10.3. The molecule has 0 aliphatic carbocycles. The van der Waals surface area contributed by atoms with E-state index in [0.717, 1.165) is 22.0 Å². The monoisotopic (exact) mass is 209 g/mol. The van der Waals surface area contributed by atoms with E-state index in [9.17, 15) is 0 Å². The quantitative estimate of drug-likeness (QED) is 0.779. The van der Waals surface area contributed by atoms with E-state index in [2.05, 4.69) is 4.98 Å². The summed E-state index contributed by atoms with van der Waals surface area (Å²) in [6, 6.07) is 1.94. The normalized spacial score (nSPS) is 10.7. The van der Waals surface area contributed by atoms with Gasteiger partial charge in [0, 0.05) is 12.5 Å². The second kappa shape index (κ2) is 3.94. The van der Waals surface area contributed by atoms with Gasteiger partial charge in [-0.3, -0.25) is 0 Å². The number of nitrogens with zero attached hydrogens (tertiary/aromatic N) is 1. The SMILES string of the molecule is COCc1csc(-c2occc2C)n1. The Kier molecular flexibility index (Phi) is 2.65. The van der Waals surface area contributed by atoms with Crippen LogP contribution in [0.25, 0.3) is 10.8 Å². The van der Waals surface area contributed by atoms with Gasteiger partial charge in [-0.05, 0) is 18.6 Å². The second-order valence-electron chi connectivity index (χ2n) is 3.01. The highest BCUT2D eigenvalue weighted by Gasteiger charge is 2.09. The molecule has 4 heteroatoms. The van der Waals surface area contributed by atoms with Gasteiger partial charge >= 0.3 is 0 Å². The summed E-state index contributed by atoms with van der Waals surface area (Å²) in [5.74, 6) is 0.859. The number of aromatic nitrogens is 1. The topological polar surface area (TPSA) is 35.3 Å². The lowest BCUT2D eigenvalue weighted by Crippen LogP contribution is -1.86. The molecule has 14 heavy (non-hydrogen) atoms. The van der Waals surface area contributed by atoms with Crippen molar-refractivity contribution in [3.63, 3.8) is 0 Å². The van der Waals surface area contributed by atoms with Gasteiger partial charge in [0.1, 0.15) is 0 Å². The Balaban J connectivity index is 2.29. The molecule has 2 rings (SSSR count). The molecular weight excluding hydrogens is 198 g/mol. The van der Waals surface area contributed by atoms with E-state index in [1.54, 1.807) is 24.7 Å². The number of methoxy groups -OCH3 is 1. The maximum atomic E-state index is 5.35. The minimum absolute atomic E-state index is 0.552. The predicted molar refractivity (Wildman–Crippen MR) is 55.3 cm³/mol. The lowest BCUT2D eigenvalue weighted by Gasteiger charge is -1.92. The molecule has 3 nitrogen and oxygen atoms in total. The van der Waals surface area contributed by atoms with Gasteiger partial charge in [-0.15, -0.1) is 11.3 Å². The molecule has 0 atom stereocenters. The minimum Gasteiger partial charge on any atom is -0.462 e. The molecular formula is C10H11NO2S. The third kappa shape index (κ3) is 1.71. The fraction of sp³-hybridized carbons (Fsp3) is 0.300. The summed E-state index contributed by atoms with van der Waals surface area (Å²) in [7, 11) is 1.66. The minimum atomic E-state index is 0.552. The van der Waals surface area contributed by atoms with Crippen LogP contribution in [-0.2, 0) is 11.3 Å². The van der Waals surface area contributed by atoms with Crippen LogP contribution in [0.1, 0.15) is 11.3 Å². The van der Waals surface area contributed by atoms with E-state index in [-0.39, 0.29) is 0 Å². The molecule has 74 valence electrons. The molecule has 0 saturated carbocycles. The second-order valence-corrected chi connectivity index (χ2v) is 3.87. The Morgan fingerprint density at radius 1 is 1.57 bits per heavy atom. The highest BCUT2D eigenvalue weighted by Crippen LogP contribution is 2.27. The Labute approximate surface area is 86.4 Å². The van der Waals surface area contributed by atoms with Gasteiger partial charge in [-0.1, -0.05) is 0 Å². The first-order chi connectivity index (χ1) is 6.81. The Bertz CT molecular complexity index is 419. The number of ether oxygens (including phenoxy) is 1. The van der Waals surface area contributed by atoms with Crippen LogP contribution in [0.3, 0.4) is 0 Å². The van der Waals surface area contributed by atoms with Gasteiger partial charge in [0.25, 0.3) is 0 Å². The first-order valence-electron chi connectivity index (χ1n) is 4.29. The molecule has 0 aromatic carbocycles. The molecule has 0 unspecified atom stereocenters. The van der Waals surface area contributed by atoms with Crippen molar-refractivity contribution >= 4 is 11.3 Å². The summed E-state index contributed by atoms with van der Waals surface area (Å²) in [5, 5.41) is 2.90. The van der Waals surface area contributed by atoms with Crippen molar-refractivity contribution < 1.29 is 9.15 Å². The zero-order chi connectivity index (χ0) is 9.97. The van der Waals surface area contributed by atoms with Gasteiger partial charge in [-0.25, -0.2) is 4.98 Å². The van der Waals surface area contributed by atoms with Crippen molar-refractivity contribution in [3.05, 3.63) is 29.0 Å². The van der Waals surface area contributed by atoms with Crippen LogP contribution in [-0.4, -0.2) is 12.1 Å². The van der Waals surface area contributed by atoms with Crippen LogP contribution in [0.5, 0.6) is 0 Å². The number of thiazole rings is 1. The summed E-state index contributed by atoms with van der Waals surface area (Å²) in [6.45, 7) is 2.56. The molecule has 0 saturated heterocycles. The van der Waals surface area contributed by atoms with Crippen molar-refractivity contribution in [2.75, 3.05) is 7.11 Å². The molecule has 0 aliphatic heterocycles. The summed E-state index contributed by atoms with van der Waals surface area (Å²) in [4.78, 5) is 4.40. The van der Waals surface area contributed by atoms with E-state index in [1.165, 1.54) is 0 Å². The Morgan fingerprint density at radius 2 is 2.43 bits per heavy atom. The fourth-order valence-corrected chi connectivity index (χ4v) is 2.07. The molecule has 0 amide bonds. The maximum Gasteiger partial charge on any atom is 0.165 e. The summed E-state index contributed by atoms with van der Waals surface area (Å²) >= 11 is 1.58. The molecule has 2 aromatic rings. The fourth-order valence-electron chi connectivity index (χ4n) is 1.22. The van der Waals surface area contributed by atoms with E-state index < -0.39 is 0 Å². The van der Waals surface area contributed by atoms with Crippen LogP contribution in [0, 0.1) is 6.92 Å². The largest absolute Gasteiger partial charge is 0.462 e. The van der Waals surface area contributed by atoms with Gasteiger partial charge in [0.15, 0.2) is 10.8 Å². The summed E-state index contributed by atoms with van der Waals surface area (Å²) < 4.78 is 10.4. The number of furan rings is 1. The van der Waals surface area contributed by atoms with Crippen molar-refractivity contribution in [2.24, 2.45) is 0 Å². The number of rotatable bonds is 3. The molecule has 0 spiro atoms. The zero-order valence-corrected chi connectivity index (χ0v) is 8.93.